The molecule has 0 aliphatic carbocycles. The maximum Gasteiger partial charge on any atom is 0.321 e. The molecule has 2 rings (SSSR count). The zero-order valence-corrected chi connectivity index (χ0v) is 25.8. The molecule has 1 atom stereocenters. The SMILES string of the molecule is CCOC(=O)C(C)(C)CC(C)(/C=C/c1ccc(OCOC)c(OC)c1)C(=O)Oc1c(C(C)C)cccc1C(C)C. The molecular formula is C33H46O7. The molecule has 0 heterocycles. The number of methoxy groups -OCH3 is 2. The molecule has 0 N–H and O–H groups in total. The first kappa shape index (κ1) is 32.9. The highest BCUT2D eigenvalue weighted by Gasteiger charge is 2.43. The number of benzene rings is 2. The lowest BCUT2D eigenvalue weighted by Gasteiger charge is -2.33. The van der Waals surface area contributed by atoms with Crippen LogP contribution in [0.3, 0.4) is 0 Å². The fourth-order valence-electron chi connectivity index (χ4n) is 4.64. The zero-order valence-electron chi connectivity index (χ0n) is 25.8. The molecule has 0 aliphatic heterocycles. The topological polar surface area (TPSA) is 80.3 Å². The van der Waals surface area contributed by atoms with Crippen molar-refractivity contribution in [1.82, 2.24) is 0 Å². The smallest absolute Gasteiger partial charge is 0.321 e. The summed E-state index contributed by atoms with van der Waals surface area (Å²) in [5.74, 6) is 1.17. The first-order valence-corrected chi connectivity index (χ1v) is 13.8. The third kappa shape index (κ3) is 8.34. The molecular weight excluding hydrogens is 508 g/mol. The molecule has 0 aliphatic rings. The molecule has 0 saturated heterocycles. The van der Waals surface area contributed by atoms with Gasteiger partial charge in [0.1, 0.15) is 5.75 Å². The maximum atomic E-state index is 14.1. The molecule has 0 bridgehead atoms. The fraction of sp³-hybridized carbons (Fsp3) is 0.515. The van der Waals surface area contributed by atoms with Gasteiger partial charge in [-0.15, -0.1) is 0 Å². The summed E-state index contributed by atoms with van der Waals surface area (Å²) in [4.78, 5) is 26.9. The minimum atomic E-state index is -1.16. The third-order valence-corrected chi connectivity index (χ3v) is 6.78. The Hall–Kier alpha value is -3.32. The van der Waals surface area contributed by atoms with Crippen LogP contribution in [0.2, 0.25) is 0 Å². The Bertz CT molecular complexity index is 1150. The predicted octanol–water partition coefficient (Wildman–Crippen LogP) is 7.53. The number of carbonyl (C=O) groups is 2. The lowest BCUT2D eigenvalue weighted by Crippen LogP contribution is -2.39. The van der Waals surface area contributed by atoms with E-state index in [9.17, 15) is 9.59 Å². The summed E-state index contributed by atoms with van der Waals surface area (Å²) >= 11 is 0. The average molecular weight is 555 g/mol. The van der Waals surface area contributed by atoms with E-state index in [1.165, 1.54) is 0 Å². The van der Waals surface area contributed by atoms with Gasteiger partial charge in [-0.1, -0.05) is 64.1 Å². The highest BCUT2D eigenvalue weighted by Crippen LogP contribution is 2.41. The Balaban J connectivity index is 2.56. The molecule has 0 aromatic heterocycles. The number of esters is 2. The van der Waals surface area contributed by atoms with Crippen molar-refractivity contribution in [2.75, 3.05) is 27.6 Å². The Labute approximate surface area is 239 Å². The number of hydrogen-bond donors (Lipinski definition) is 0. The summed E-state index contributed by atoms with van der Waals surface area (Å²) in [6.07, 6.45) is 3.82. The number of ether oxygens (including phenoxy) is 5. The van der Waals surface area contributed by atoms with Crippen molar-refractivity contribution in [2.45, 2.75) is 73.6 Å². The second-order valence-corrected chi connectivity index (χ2v) is 11.5. The minimum Gasteiger partial charge on any atom is -0.493 e. The summed E-state index contributed by atoms with van der Waals surface area (Å²) in [7, 11) is 3.11. The molecule has 0 spiro atoms. The highest BCUT2D eigenvalue weighted by molar-refractivity contribution is 5.85. The minimum absolute atomic E-state index is 0.0919. The molecule has 2 aromatic rings. The fourth-order valence-corrected chi connectivity index (χ4v) is 4.64. The third-order valence-electron chi connectivity index (χ3n) is 6.78. The van der Waals surface area contributed by atoms with Crippen molar-refractivity contribution in [2.24, 2.45) is 10.8 Å². The van der Waals surface area contributed by atoms with E-state index in [0.29, 0.717) is 17.2 Å². The Kier molecular flexibility index (Phi) is 11.8. The van der Waals surface area contributed by atoms with Crippen molar-refractivity contribution < 1.29 is 33.3 Å². The molecule has 2 aromatic carbocycles. The van der Waals surface area contributed by atoms with Gasteiger partial charge in [-0.2, -0.15) is 0 Å². The second-order valence-electron chi connectivity index (χ2n) is 11.5. The average Bonchev–Trinajstić information content (AvgIpc) is 2.90. The summed E-state index contributed by atoms with van der Waals surface area (Å²) in [6.45, 7) is 15.8. The lowest BCUT2D eigenvalue weighted by molar-refractivity contribution is -0.157. The van der Waals surface area contributed by atoms with E-state index in [1.807, 2.05) is 36.4 Å². The second kappa shape index (κ2) is 14.4. The van der Waals surface area contributed by atoms with E-state index in [0.717, 1.165) is 16.7 Å². The first-order chi connectivity index (χ1) is 18.8. The van der Waals surface area contributed by atoms with E-state index in [-0.39, 0.29) is 37.6 Å². The van der Waals surface area contributed by atoms with Gasteiger partial charge in [0.25, 0.3) is 0 Å². The van der Waals surface area contributed by atoms with Crippen LogP contribution in [0.4, 0.5) is 0 Å². The molecule has 1 unspecified atom stereocenters. The van der Waals surface area contributed by atoms with Crippen LogP contribution >= 0.6 is 0 Å². The van der Waals surface area contributed by atoms with Gasteiger partial charge < -0.3 is 23.7 Å². The standard InChI is InChI=1S/C33H46O7/c1-11-38-30(34)32(6,7)20-33(8,18-17-24-15-16-27(39-21-36-9)28(19-24)37-10)31(35)40-29-25(22(2)3)13-12-14-26(29)23(4)5/h12-19,22-23H,11,20-21H2,1-10H3/b18-17+. The van der Waals surface area contributed by atoms with Crippen molar-refractivity contribution >= 4 is 18.0 Å². The van der Waals surface area contributed by atoms with Gasteiger partial charge in [0.15, 0.2) is 18.3 Å². The Morgan fingerprint density at radius 1 is 0.900 bits per heavy atom. The van der Waals surface area contributed by atoms with E-state index in [4.69, 9.17) is 23.7 Å². The van der Waals surface area contributed by atoms with Gasteiger partial charge >= 0.3 is 11.9 Å². The largest absolute Gasteiger partial charge is 0.493 e. The van der Waals surface area contributed by atoms with E-state index in [2.05, 4.69) is 27.7 Å². The van der Waals surface area contributed by atoms with Gasteiger partial charge in [-0.25, -0.2) is 0 Å². The first-order valence-electron chi connectivity index (χ1n) is 13.8. The van der Waals surface area contributed by atoms with Crippen molar-refractivity contribution in [3.63, 3.8) is 0 Å². The summed E-state index contributed by atoms with van der Waals surface area (Å²) in [6, 6.07) is 11.4. The molecule has 0 radical (unpaired) electrons. The van der Waals surface area contributed by atoms with Crippen LogP contribution in [-0.2, 0) is 19.1 Å². The Morgan fingerprint density at radius 2 is 1.52 bits per heavy atom. The van der Waals surface area contributed by atoms with Crippen LogP contribution < -0.4 is 14.2 Å². The quantitative estimate of drug-likeness (QED) is 0.136. The zero-order chi connectivity index (χ0) is 30.1. The predicted molar refractivity (Wildman–Crippen MR) is 158 cm³/mol. The van der Waals surface area contributed by atoms with Crippen LogP contribution in [-0.4, -0.2) is 39.6 Å². The normalized spacial score (nSPS) is 13.4. The molecule has 7 heteroatoms. The Morgan fingerprint density at radius 3 is 2.05 bits per heavy atom. The van der Waals surface area contributed by atoms with Crippen LogP contribution in [0.25, 0.3) is 6.08 Å². The van der Waals surface area contributed by atoms with Crippen LogP contribution in [0.1, 0.15) is 90.3 Å². The van der Waals surface area contributed by atoms with Gasteiger partial charge in [-0.05, 0) is 74.8 Å². The summed E-state index contributed by atoms with van der Waals surface area (Å²) < 4.78 is 27.6. The molecule has 0 saturated carbocycles. The lowest BCUT2D eigenvalue weighted by atomic mass is 9.73. The van der Waals surface area contributed by atoms with Gasteiger partial charge in [0.2, 0.25) is 0 Å². The monoisotopic (exact) mass is 554 g/mol. The van der Waals surface area contributed by atoms with E-state index in [1.54, 1.807) is 54.1 Å². The molecule has 220 valence electrons. The van der Waals surface area contributed by atoms with Crippen LogP contribution in [0.15, 0.2) is 42.5 Å². The van der Waals surface area contributed by atoms with Crippen molar-refractivity contribution in [1.29, 1.82) is 0 Å². The summed E-state index contributed by atoms with van der Waals surface area (Å²) in [5.41, 5.74) is 0.619. The number of para-hydroxylation sites is 1. The molecule has 0 fully saturated rings. The van der Waals surface area contributed by atoms with Crippen LogP contribution in [0.5, 0.6) is 17.2 Å². The molecule has 0 amide bonds. The van der Waals surface area contributed by atoms with E-state index < -0.39 is 16.8 Å². The number of rotatable bonds is 14. The van der Waals surface area contributed by atoms with E-state index >= 15 is 0 Å². The van der Waals surface area contributed by atoms with Crippen LogP contribution in [0, 0.1) is 10.8 Å². The molecule has 7 nitrogen and oxygen atoms in total. The van der Waals surface area contributed by atoms with Gasteiger partial charge in [-0.3, -0.25) is 9.59 Å². The molecule has 40 heavy (non-hydrogen) atoms. The maximum absolute atomic E-state index is 14.1. The van der Waals surface area contributed by atoms with Crippen molar-refractivity contribution in [3.8, 4) is 17.2 Å². The summed E-state index contributed by atoms with van der Waals surface area (Å²) in [5, 5.41) is 0. The highest BCUT2D eigenvalue weighted by atomic mass is 16.7. The van der Waals surface area contributed by atoms with Gasteiger partial charge in [0, 0.05) is 7.11 Å². The number of hydrogen-bond acceptors (Lipinski definition) is 7. The van der Waals surface area contributed by atoms with Crippen molar-refractivity contribution in [3.05, 3.63) is 59.2 Å². The number of carbonyl (C=O) groups excluding carboxylic acids is 2. The van der Waals surface area contributed by atoms with Gasteiger partial charge in [0.05, 0.1) is 24.5 Å².